The number of piperazine rings is 1. The van der Waals surface area contributed by atoms with Crippen molar-refractivity contribution in [3.05, 3.63) is 65.0 Å². The van der Waals surface area contributed by atoms with Gasteiger partial charge >= 0.3 is 0 Å². The number of nitrogens with one attached hydrogen (secondary N) is 1. The number of hydrazone groups is 1. The third-order valence-electron chi connectivity index (χ3n) is 7.18. The Balaban J connectivity index is 1.28. The SMILES string of the molecule is CN(C)C1(C(=O)N2CCN(C(=O)c3cc(OC4=NNC(C=O)c5ccccc54)ccc3F)CC2)CC1. The van der Waals surface area contributed by atoms with Crippen LogP contribution >= 0.6 is 0 Å². The molecule has 10 heteroatoms. The van der Waals surface area contributed by atoms with Crippen molar-refractivity contribution in [3.8, 4) is 5.75 Å². The Morgan fingerprint density at radius 3 is 2.47 bits per heavy atom. The maximum Gasteiger partial charge on any atom is 0.257 e. The predicted octanol–water partition coefficient (Wildman–Crippen LogP) is 1.79. The minimum Gasteiger partial charge on any atom is -0.437 e. The van der Waals surface area contributed by atoms with Crippen molar-refractivity contribution in [2.24, 2.45) is 5.10 Å². The topological polar surface area (TPSA) is 94.6 Å². The van der Waals surface area contributed by atoms with Gasteiger partial charge in [-0.25, -0.2) is 4.39 Å². The summed E-state index contributed by atoms with van der Waals surface area (Å²) in [5, 5.41) is 4.15. The van der Waals surface area contributed by atoms with Crippen molar-refractivity contribution in [2.75, 3.05) is 40.3 Å². The first kappa shape index (κ1) is 23.9. The lowest BCUT2D eigenvalue weighted by Crippen LogP contribution is -2.56. The van der Waals surface area contributed by atoms with Crippen LogP contribution in [0.15, 0.2) is 47.6 Å². The number of hydrogen-bond donors (Lipinski definition) is 1. The molecule has 1 N–H and O–H groups in total. The van der Waals surface area contributed by atoms with E-state index in [4.69, 9.17) is 4.74 Å². The number of nitrogens with zero attached hydrogens (tertiary/aromatic N) is 4. The number of benzene rings is 2. The Labute approximate surface area is 208 Å². The molecule has 2 aliphatic heterocycles. The van der Waals surface area contributed by atoms with E-state index >= 15 is 0 Å². The maximum atomic E-state index is 14.7. The van der Waals surface area contributed by atoms with E-state index in [0.29, 0.717) is 37.3 Å². The summed E-state index contributed by atoms with van der Waals surface area (Å²) in [4.78, 5) is 42.8. The molecule has 0 spiro atoms. The lowest BCUT2D eigenvalue weighted by atomic mass is 10.0. The molecule has 1 unspecified atom stereocenters. The summed E-state index contributed by atoms with van der Waals surface area (Å²) in [6.45, 7) is 1.48. The Kier molecular flexibility index (Phi) is 6.21. The molecule has 9 nitrogen and oxygen atoms in total. The van der Waals surface area contributed by atoms with Gasteiger partial charge in [-0.2, -0.15) is 0 Å². The first-order valence-corrected chi connectivity index (χ1v) is 12.0. The summed E-state index contributed by atoms with van der Waals surface area (Å²) in [6.07, 6.45) is 2.44. The number of carbonyl (C=O) groups excluding carboxylic acids is 3. The van der Waals surface area contributed by atoms with Crippen molar-refractivity contribution >= 4 is 24.0 Å². The van der Waals surface area contributed by atoms with Crippen LogP contribution in [0.5, 0.6) is 5.75 Å². The van der Waals surface area contributed by atoms with Crippen LogP contribution in [0.4, 0.5) is 4.39 Å². The molecule has 1 saturated heterocycles. The number of halogens is 1. The van der Waals surface area contributed by atoms with Crippen LogP contribution in [0.3, 0.4) is 0 Å². The van der Waals surface area contributed by atoms with Crippen LogP contribution < -0.4 is 10.2 Å². The molecule has 2 heterocycles. The molecule has 0 bridgehead atoms. The highest BCUT2D eigenvalue weighted by Crippen LogP contribution is 2.42. The van der Waals surface area contributed by atoms with Gasteiger partial charge in [-0.05, 0) is 56.8 Å². The Morgan fingerprint density at radius 1 is 1.11 bits per heavy atom. The zero-order valence-electron chi connectivity index (χ0n) is 20.2. The van der Waals surface area contributed by atoms with Gasteiger partial charge in [0.2, 0.25) is 11.8 Å². The van der Waals surface area contributed by atoms with Gasteiger partial charge in [0.25, 0.3) is 5.91 Å². The molecule has 0 aromatic heterocycles. The molecule has 1 atom stereocenters. The number of amides is 2. The zero-order valence-corrected chi connectivity index (χ0v) is 20.2. The molecule has 188 valence electrons. The van der Waals surface area contributed by atoms with Crippen molar-refractivity contribution in [1.82, 2.24) is 20.1 Å². The van der Waals surface area contributed by atoms with E-state index in [1.807, 2.05) is 25.1 Å². The van der Waals surface area contributed by atoms with E-state index in [9.17, 15) is 18.8 Å². The summed E-state index contributed by atoms with van der Waals surface area (Å²) >= 11 is 0. The van der Waals surface area contributed by atoms with Crippen molar-refractivity contribution in [1.29, 1.82) is 0 Å². The van der Waals surface area contributed by atoms with E-state index in [0.717, 1.165) is 19.1 Å². The van der Waals surface area contributed by atoms with Crippen molar-refractivity contribution < 1.29 is 23.5 Å². The quantitative estimate of drug-likeness (QED) is 0.639. The largest absolute Gasteiger partial charge is 0.437 e. The predicted molar refractivity (Wildman–Crippen MR) is 130 cm³/mol. The molecular weight excluding hydrogens is 465 g/mol. The third kappa shape index (κ3) is 4.21. The maximum absolute atomic E-state index is 14.7. The van der Waals surface area contributed by atoms with E-state index in [1.165, 1.54) is 18.2 Å². The average molecular weight is 494 g/mol. The Morgan fingerprint density at radius 2 is 1.81 bits per heavy atom. The fourth-order valence-electron chi connectivity index (χ4n) is 4.79. The van der Waals surface area contributed by atoms with Crippen LogP contribution in [0.1, 0.15) is 40.4 Å². The van der Waals surface area contributed by atoms with Gasteiger partial charge in [0.15, 0.2) is 0 Å². The lowest BCUT2D eigenvalue weighted by molar-refractivity contribution is -0.139. The highest BCUT2D eigenvalue weighted by molar-refractivity contribution is 5.99. The van der Waals surface area contributed by atoms with Crippen molar-refractivity contribution in [3.63, 3.8) is 0 Å². The molecule has 2 fully saturated rings. The van der Waals surface area contributed by atoms with E-state index < -0.39 is 23.3 Å². The Hall–Kier alpha value is -3.79. The summed E-state index contributed by atoms with van der Waals surface area (Å²) in [7, 11) is 3.83. The molecule has 2 aromatic carbocycles. The first-order valence-electron chi connectivity index (χ1n) is 12.0. The third-order valence-corrected chi connectivity index (χ3v) is 7.18. The highest BCUT2D eigenvalue weighted by atomic mass is 19.1. The molecule has 0 radical (unpaired) electrons. The number of fused-ring (bicyclic) bond motifs is 1. The summed E-state index contributed by atoms with van der Waals surface area (Å²) in [6, 6.07) is 10.6. The van der Waals surface area contributed by atoms with Crippen LogP contribution in [0.2, 0.25) is 0 Å². The lowest BCUT2D eigenvalue weighted by Gasteiger charge is -2.38. The van der Waals surface area contributed by atoms with Crippen LogP contribution in [0.25, 0.3) is 0 Å². The molecule has 1 aliphatic carbocycles. The summed E-state index contributed by atoms with van der Waals surface area (Å²) in [5.74, 6) is -0.546. The molecule has 5 rings (SSSR count). The highest BCUT2D eigenvalue weighted by Gasteiger charge is 2.53. The van der Waals surface area contributed by atoms with Crippen LogP contribution in [0, 0.1) is 5.82 Å². The fraction of sp³-hybridized carbons (Fsp3) is 0.385. The van der Waals surface area contributed by atoms with Gasteiger partial charge in [0, 0.05) is 31.7 Å². The molecule has 3 aliphatic rings. The minimum atomic E-state index is -0.652. The van der Waals surface area contributed by atoms with Gasteiger partial charge in [-0.1, -0.05) is 18.2 Å². The normalized spacial score (nSPS) is 20.2. The molecular formula is C26H28FN5O4. The Bertz CT molecular complexity index is 1230. The van der Waals surface area contributed by atoms with Gasteiger partial charge in [-0.3, -0.25) is 19.9 Å². The smallest absolute Gasteiger partial charge is 0.257 e. The van der Waals surface area contributed by atoms with E-state index in [2.05, 4.69) is 10.5 Å². The number of likely N-dealkylation sites (N-methyl/N-ethyl adjacent to an activating group) is 1. The molecule has 36 heavy (non-hydrogen) atoms. The van der Waals surface area contributed by atoms with Crippen molar-refractivity contribution in [2.45, 2.75) is 24.4 Å². The zero-order chi connectivity index (χ0) is 25.4. The van der Waals surface area contributed by atoms with Crippen LogP contribution in [-0.2, 0) is 9.59 Å². The fourth-order valence-corrected chi connectivity index (χ4v) is 4.79. The molecule has 2 amide bonds. The second-order valence-electron chi connectivity index (χ2n) is 9.50. The van der Waals surface area contributed by atoms with Gasteiger partial charge in [-0.15, -0.1) is 5.10 Å². The monoisotopic (exact) mass is 493 g/mol. The number of carbonyl (C=O) groups is 3. The molecule has 2 aromatic rings. The summed E-state index contributed by atoms with van der Waals surface area (Å²) in [5.41, 5.74) is 3.57. The van der Waals surface area contributed by atoms with E-state index in [-0.39, 0.29) is 23.1 Å². The van der Waals surface area contributed by atoms with Gasteiger partial charge in [0.05, 0.1) is 5.56 Å². The van der Waals surface area contributed by atoms with Gasteiger partial charge in [0.1, 0.15) is 29.4 Å². The minimum absolute atomic E-state index is 0.0974. The number of ether oxygens (including phenoxy) is 1. The number of rotatable bonds is 5. The first-order chi connectivity index (χ1) is 17.3. The van der Waals surface area contributed by atoms with E-state index in [1.54, 1.807) is 28.0 Å². The second-order valence-corrected chi connectivity index (χ2v) is 9.50. The molecule has 1 saturated carbocycles. The van der Waals surface area contributed by atoms with Gasteiger partial charge < -0.3 is 19.3 Å². The number of aldehydes is 1. The standard InChI is InChI=1S/C26H28FN5O4/c1-30(2)26(9-10-26)25(35)32-13-11-31(12-14-32)24(34)20-15-17(7-8-21(20)27)36-23-19-6-4-3-5-18(19)22(16-33)28-29-23/h3-8,15-16,22,28H,9-14H2,1-2H3. The summed E-state index contributed by atoms with van der Waals surface area (Å²) < 4.78 is 20.6. The number of hydrogen-bond acceptors (Lipinski definition) is 7. The van der Waals surface area contributed by atoms with Crippen LogP contribution in [-0.4, -0.2) is 84.5 Å². The average Bonchev–Trinajstić information content (AvgIpc) is 3.72. The second kappa shape index (κ2) is 9.34.